The van der Waals surface area contributed by atoms with Gasteiger partial charge in [-0.1, -0.05) is 102 Å². The van der Waals surface area contributed by atoms with Crippen LogP contribution in [0.25, 0.3) is 0 Å². The molecule has 10 rings (SSSR count). The third-order valence-electron chi connectivity index (χ3n) is 13.8. The monoisotopic (exact) mass is 624 g/mol. The zero-order valence-electron chi connectivity index (χ0n) is 28.4. The molecule has 0 spiro atoms. The van der Waals surface area contributed by atoms with E-state index >= 15 is 0 Å². The van der Waals surface area contributed by atoms with Crippen LogP contribution in [0, 0.1) is 34.5 Å². The number of hydrogen-bond acceptors (Lipinski definition) is 2. The van der Waals surface area contributed by atoms with Crippen LogP contribution in [-0.4, -0.2) is 33.7 Å². The van der Waals surface area contributed by atoms with E-state index in [9.17, 15) is 0 Å². The average molecular weight is 625 g/mol. The summed E-state index contributed by atoms with van der Waals surface area (Å²) < 4.78 is 6.32. The molecule has 0 radical (unpaired) electrons. The fourth-order valence-electron chi connectivity index (χ4n) is 11.0. The number of rotatable bonds is 7. The molecular formula is C40H54N2P2. The molecule has 0 N–H and O–H groups in total. The van der Waals surface area contributed by atoms with Gasteiger partial charge in [0.15, 0.2) is 0 Å². The Bertz CT molecular complexity index is 1380. The first kappa shape index (κ1) is 30.1. The largest absolute Gasteiger partial charge is 0.262 e. The lowest BCUT2D eigenvalue weighted by atomic mass is 9.48. The molecule has 2 aliphatic heterocycles. The molecule has 8 aliphatic rings. The van der Waals surface area contributed by atoms with Gasteiger partial charge in [0.1, 0.15) is 0 Å². The molecule has 44 heavy (non-hydrogen) atoms. The highest BCUT2D eigenvalue weighted by atomic mass is 31.1. The Hall–Kier alpha value is -1.30. The summed E-state index contributed by atoms with van der Waals surface area (Å²) in [7, 11) is -0.651. The lowest BCUT2D eigenvalue weighted by Crippen LogP contribution is -2.53. The normalized spacial score (nSPS) is 38.1. The molecule has 10 unspecified atom stereocenters. The first-order valence-corrected chi connectivity index (χ1v) is 20.7. The summed E-state index contributed by atoms with van der Waals surface area (Å²) in [6.07, 6.45) is 8.13. The standard InChI is InChI=1S/C40H54N2P2/c1-9-43-37-31(21-29-23-33(37)39(29,5)6)35(41(43)25(3)27-17-13-11-14-18-27)36-32-22-30-24-34(40(30,7)8)38(32)44(10-2)42(36)26(4)28-19-15-12-16-20-28/h11-20,25-26,29-30,33-36H,9-10,21-24H2,1-8H3. The Morgan fingerprint density at radius 1 is 0.636 bits per heavy atom. The maximum Gasteiger partial charge on any atom is 0.0558 e. The first-order valence-electron chi connectivity index (χ1n) is 17.8. The van der Waals surface area contributed by atoms with Gasteiger partial charge in [-0.15, -0.1) is 0 Å². The van der Waals surface area contributed by atoms with Crippen LogP contribution in [0.2, 0.25) is 0 Å². The van der Waals surface area contributed by atoms with Crippen LogP contribution in [0.5, 0.6) is 0 Å². The molecule has 4 bridgehead atoms. The number of benzene rings is 2. The van der Waals surface area contributed by atoms with Gasteiger partial charge < -0.3 is 0 Å². The smallest absolute Gasteiger partial charge is 0.0558 e. The summed E-state index contributed by atoms with van der Waals surface area (Å²) in [4.78, 5) is 0. The molecule has 0 aromatic heterocycles. The third-order valence-corrected chi connectivity index (χ3v) is 19.7. The maximum atomic E-state index is 3.16. The van der Waals surface area contributed by atoms with Gasteiger partial charge in [0, 0.05) is 12.1 Å². The highest BCUT2D eigenvalue weighted by Gasteiger charge is 2.65. The van der Waals surface area contributed by atoms with Crippen molar-refractivity contribution in [2.45, 2.75) is 105 Å². The molecular weight excluding hydrogens is 570 g/mol. The molecule has 6 aliphatic carbocycles. The minimum atomic E-state index is -0.326. The van der Waals surface area contributed by atoms with E-state index in [0.29, 0.717) is 35.0 Å². The van der Waals surface area contributed by atoms with Gasteiger partial charge in [0.25, 0.3) is 0 Å². The average Bonchev–Trinajstić information content (AvgIpc) is 3.56. The molecule has 2 nitrogen and oxygen atoms in total. The number of hydrogen-bond donors (Lipinski definition) is 0. The molecule has 0 saturated heterocycles. The highest BCUT2D eigenvalue weighted by molar-refractivity contribution is 7.60. The summed E-state index contributed by atoms with van der Waals surface area (Å²) >= 11 is 0. The molecule has 2 fully saturated rings. The van der Waals surface area contributed by atoms with E-state index in [1.807, 2.05) is 21.8 Å². The van der Waals surface area contributed by atoms with E-state index in [0.717, 1.165) is 23.7 Å². The van der Waals surface area contributed by atoms with Gasteiger partial charge in [-0.25, -0.2) is 0 Å². The first-order chi connectivity index (χ1) is 21.1. The predicted octanol–water partition coefficient (Wildman–Crippen LogP) is 11.4. The van der Waals surface area contributed by atoms with Gasteiger partial charge in [-0.05, 0) is 135 Å². The van der Waals surface area contributed by atoms with Gasteiger partial charge in [0.05, 0.1) is 12.1 Å². The molecule has 10 atom stereocenters. The topological polar surface area (TPSA) is 6.48 Å². The zero-order chi connectivity index (χ0) is 30.7. The fourth-order valence-corrected chi connectivity index (χ4v) is 17.7. The van der Waals surface area contributed by atoms with E-state index < -0.39 is 0 Å². The van der Waals surface area contributed by atoms with Crippen LogP contribution in [0.15, 0.2) is 82.4 Å². The predicted molar refractivity (Wildman–Crippen MR) is 190 cm³/mol. The Morgan fingerprint density at radius 3 is 1.32 bits per heavy atom. The van der Waals surface area contributed by atoms with Crippen molar-refractivity contribution in [3.8, 4) is 0 Å². The second kappa shape index (κ2) is 10.6. The van der Waals surface area contributed by atoms with E-state index in [4.69, 9.17) is 0 Å². The maximum absolute atomic E-state index is 3.16. The molecule has 2 heterocycles. The highest BCUT2D eigenvalue weighted by Crippen LogP contribution is 2.79. The van der Waals surface area contributed by atoms with Crippen LogP contribution in [0.4, 0.5) is 0 Å². The van der Waals surface area contributed by atoms with Crippen molar-refractivity contribution < 1.29 is 0 Å². The Balaban J connectivity index is 1.33. The van der Waals surface area contributed by atoms with Crippen LogP contribution >= 0.6 is 16.1 Å². The Labute approximate surface area is 270 Å². The zero-order valence-corrected chi connectivity index (χ0v) is 30.2. The van der Waals surface area contributed by atoms with Crippen LogP contribution in [0.1, 0.15) is 104 Å². The van der Waals surface area contributed by atoms with Crippen molar-refractivity contribution in [1.82, 2.24) is 9.34 Å². The molecule has 2 aromatic rings. The van der Waals surface area contributed by atoms with Crippen molar-refractivity contribution in [2.24, 2.45) is 34.5 Å². The molecule has 2 aromatic carbocycles. The van der Waals surface area contributed by atoms with Crippen molar-refractivity contribution in [3.63, 3.8) is 0 Å². The van der Waals surface area contributed by atoms with Crippen LogP contribution in [-0.2, 0) is 0 Å². The number of allylic oxidation sites excluding steroid dienone is 2. The SMILES string of the molecule is CCP1C2=C(CC3CC2C3(C)C)C(C2C3=C(C4CC(C3)C4(C)C)P(CC)N2C(C)c2ccccc2)N1C(C)c1ccccc1. The van der Waals surface area contributed by atoms with E-state index in [1.165, 1.54) is 49.1 Å². The molecule has 4 heteroatoms. The summed E-state index contributed by atoms with van der Waals surface area (Å²) in [5, 5.41) is 3.90. The minimum Gasteiger partial charge on any atom is -0.262 e. The Kier molecular flexibility index (Phi) is 7.25. The second-order valence-corrected chi connectivity index (χ2v) is 20.8. The fraction of sp³-hybridized carbons (Fsp3) is 0.600. The molecule has 0 amide bonds. The minimum absolute atomic E-state index is 0.326. The Morgan fingerprint density at radius 2 is 1.00 bits per heavy atom. The van der Waals surface area contributed by atoms with Crippen LogP contribution < -0.4 is 0 Å². The van der Waals surface area contributed by atoms with E-state index in [2.05, 4.69) is 125 Å². The summed E-state index contributed by atoms with van der Waals surface area (Å²) in [5.74, 6) is 3.30. The summed E-state index contributed by atoms with van der Waals surface area (Å²) in [6.45, 7) is 20.5. The van der Waals surface area contributed by atoms with Gasteiger partial charge >= 0.3 is 0 Å². The van der Waals surface area contributed by atoms with Gasteiger partial charge in [0.2, 0.25) is 0 Å². The van der Waals surface area contributed by atoms with Crippen molar-refractivity contribution in [3.05, 3.63) is 93.6 Å². The lowest BCUT2D eigenvalue weighted by Gasteiger charge is -2.58. The molecule has 234 valence electrons. The summed E-state index contributed by atoms with van der Waals surface area (Å²) in [5.41, 5.74) is 7.77. The quantitative estimate of drug-likeness (QED) is 0.283. The van der Waals surface area contributed by atoms with Gasteiger partial charge in [-0.2, -0.15) is 0 Å². The number of nitrogens with zero attached hydrogens (tertiary/aromatic N) is 2. The van der Waals surface area contributed by atoms with Crippen molar-refractivity contribution in [2.75, 3.05) is 12.3 Å². The van der Waals surface area contributed by atoms with Crippen LogP contribution in [0.3, 0.4) is 0 Å². The van der Waals surface area contributed by atoms with Crippen molar-refractivity contribution >= 4 is 16.1 Å². The molecule has 2 saturated carbocycles. The van der Waals surface area contributed by atoms with E-state index in [-0.39, 0.29) is 16.1 Å². The van der Waals surface area contributed by atoms with Gasteiger partial charge in [-0.3, -0.25) is 9.34 Å². The van der Waals surface area contributed by atoms with Crippen molar-refractivity contribution in [1.29, 1.82) is 0 Å². The lowest BCUT2D eigenvalue weighted by molar-refractivity contribution is -0.00995. The second-order valence-electron chi connectivity index (χ2n) is 16.1. The third kappa shape index (κ3) is 4.00. The summed E-state index contributed by atoms with van der Waals surface area (Å²) in [6, 6.07) is 25.0. The van der Waals surface area contributed by atoms with E-state index in [1.54, 1.807) is 0 Å².